The van der Waals surface area contributed by atoms with Crippen LogP contribution in [0.4, 0.5) is 11.4 Å². The normalized spacial score (nSPS) is 17.9. The van der Waals surface area contributed by atoms with E-state index in [4.69, 9.17) is 4.74 Å². The zero-order valence-corrected chi connectivity index (χ0v) is 19.1. The summed E-state index contributed by atoms with van der Waals surface area (Å²) < 4.78 is 34.8. The van der Waals surface area contributed by atoms with Gasteiger partial charge >= 0.3 is 0 Å². The van der Waals surface area contributed by atoms with Gasteiger partial charge < -0.3 is 15.0 Å². The molecule has 0 unspecified atom stereocenters. The summed E-state index contributed by atoms with van der Waals surface area (Å²) >= 11 is 0. The molecule has 0 saturated carbocycles. The highest BCUT2D eigenvalue weighted by Gasteiger charge is 2.28. The van der Waals surface area contributed by atoms with Crippen LogP contribution >= 0.6 is 0 Å². The molecule has 174 valence electrons. The number of nitrogens with zero attached hydrogens (tertiary/aromatic N) is 4. The Hall–Kier alpha value is -2.43. The highest BCUT2D eigenvalue weighted by molar-refractivity contribution is 7.89. The Labute approximate surface area is 189 Å². The van der Waals surface area contributed by atoms with Gasteiger partial charge in [-0.1, -0.05) is 0 Å². The number of morpholine rings is 1. The Bertz CT molecular complexity index is 997. The Morgan fingerprint density at radius 2 is 1.88 bits per heavy atom. The summed E-state index contributed by atoms with van der Waals surface area (Å²) in [7, 11) is -3.64. The number of amides is 1. The first-order valence-electron chi connectivity index (χ1n) is 11.3. The number of sulfonamides is 1. The second-order valence-electron chi connectivity index (χ2n) is 8.16. The maximum absolute atomic E-state index is 13.2. The molecule has 10 heteroatoms. The van der Waals surface area contributed by atoms with E-state index in [9.17, 15) is 13.2 Å². The highest BCUT2D eigenvalue weighted by atomic mass is 32.2. The quantitative estimate of drug-likeness (QED) is 0.648. The zero-order valence-electron chi connectivity index (χ0n) is 18.3. The second kappa shape index (κ2) is 10.5. The van der Waals surface area contributed by atoms with Crippen molar-refractivity contribution in [2.45, 2.75) is 43.5 Å². The van der Waals surface area contributed by atoms with Gasteiger partial charge in [-0.25, -0.2) is 8.42 Å². The molecule has 2 fully saturated rings. The van der Waals surface area contributed by atoms with Crippen LogP contribution in [0.25, 0.3) is 0 Å². The second-order valence-corrected chi connectivity index (χ2v) is 10.1. The summed E-state index contributed by atoms with van der Waals surface area (Å²) in [5.41, 5.74) is 1.44. The molecule has 2 aliphatic rings. The lowest BCUT2D eigenvalue weighted by Crippen LogP contribution is -2.40. The van der Waals surface area contributed by atoms with Crippen molar-refractivity contribution in [3.05, 3.63) is 36.7 Å². The molecule has 2 aromatic rings. The van der Waals surface area contributed by atoms with E-state index in [1.165, 1.54) is 10.7 Å². The van der Waals surface area contributed by atoms with Crippen molar-refractivity contribution < 1.29 is 17.9 Å². The predicted molar refractivity (Wildman–Crippen MR) is 122 cm³/mol. The molecule has 1 aromatic carbocycles. The van der Waals surface area contributed by atoms with E-state index in [0.29, 0.717) is 51.4 Å². The molecule has 1 aromatic heterocycles. The van der Waals surface area contributed by atoms with Crippen molar-refractivity contribution in [1.82, 2.24) is 14.1 Å². The largest absolute Gasteiger partial charge is 0.379 e. The van der Waals surface area contributed by atoms with Gasteiger partial charge in [-0.15, -0.1) is 0 Å². The van der Waals surface area contributed by atoms with Crippen LogP contribution in [0.5, 0.6) is 0 Å². The Balaban J connectivity index is 1.52. The standard InChI is InChI=1S/C22H31N5O4S/c28-22(6-4-12-26-13-5-9-23-26)24-20-18-19(32(29,30)27-14-16-31-17-15-27)7-8-21(20)25-10-2-1-3-11-25/h5,7-9,13,18H,1-4,6,10-12,14-17H2,(H,24,28). The molecule has 0 atom stereocenters. The SMILES string of the molecule is O=C(CCCn1cccn1)Nc1cc(S(=O)(=O)N2CCOCC2)ccc1N1CCCCC1. The van der Waals surface area contributed by atoms with Crippen LogP contribution < -0.4 is 10.2 Å². The Kier molecular flexibility index (Phi) is 7.44. The molecule has 1 N–H and O–H groups in total. The summed E-state index contributed by atoms with van der Waals surface area (Å²) in [5.74, 6) is -0.128. The minimum atomic E-state index is -3.64. The summed E-state index contributed by atoms with van der Waals surface area (Å²) in [6.45, 7) is 3.92. The van der Waals surface area contributed by atoms with Gasteiger partial charge in [0.1, 0.15) is 0 Å². The summed E-state index contributed by atoms with van der Waals surface area (Å²) in [6.07, 6.45) is 7.93. The molecular weight excluding hydrogens is 430 g/mol. The van der Waals surface area contributed by atoms with E-state index < -0.39 is 10.0 Å². The molecular formula is C22H31N5O4S. The van der Waals surface area contributed by atoms with Crippen molar-refractivity contribution in [3.8, 4) is 0 Å². The lowest BCUT2D eigenvalue weighted by molar-refractivity contribution is -0.116. The van der Waals surface area contributed by atoms with Crippen LogP contribution in [0, 0.1) is 0 Å². The van der Waals surface area contributed by atoms with Crippen LogP contribution in [0.15, 0.2) is 41.6 Å². The maximum Gasteiger partial charge on any atom is 0.243 e. The molecule has 32 heavy (non-hydrogen) atoms. The van der Waals surface area contributed by atoms with Gasteiger partial charge in [0.05, 0.1) is 29.5 Å². The smallest absolute Gasteiger partial charge is 0.243 e. The van der Waals surface area contributed by atoms with Gasteiger partial charge in [-0.3, -0.25) is 9.48 Å². The minimum Gasteiger partial charge on any atom is -0.379 e. The van der Waals surface area contributed by atoms with E-state index >= 15 is 0 Å². The van der Waals surface area contributed by atoms with Crippen molar-refractivity contribution in [3.63, 3.8) is 0 Å². The lowest BCUT2D eigenvalue weighted by atomic mass is 10.1. The van der Waals surface area contributed by atoms with E-state index in [-0.39, 0.29) is 10.8 Å². The number of anilines is 2. The Morgan fingerprint density at radius 3 is 2.59 bits per heavy atom. The predicted octanol–water partition coefficient (Wildman–Crippen LogP) is 2.31. The van der Waals surface area contributed by atoms with Crippen molar-refractivity contribution in [2.75, 3.05) is 49.6 Å². The highest BCUT2D eigenvalue weighted by Crippen LogP contribution is 2.32. The topological polar surface area (TPSA) is 96.8 Å². The molecule has 3 heterocycles. The molecule has 0 aliphatic carbocycles. The minimum absolute atomic E-state index is 0.128. The Morgan fingerprint density at radius 1 is 1.09 bits per heavy atom. The van der Waals surface area contributed by atoms with Gasteiger partial charge in [-0.2, -0.15) is 9.40 Å². The number of rotatable bonds is 8. The van der Waals surface area contributed by atoms with E-state index in [1.807, 2.05) is 18.3 Å². The van der Waals surface area contributed by atoms with Gasteiger partial charge in [0.2, 0.25) is 15.9 Å². The number of nitrogens with one attached hydrogen (secondary N) is 1. The third-order valence-corrected chi connectivity index (χ3v) is 7.79. The molecule has 4 rings (SSSR count). The van der Waals surface area contributed by atoms with Crippen LogP contribution in [0.2, 0.25) is 0 Å². The van der Waals surface area contributed by atoms with Gasteiger partial charge in [0, 0.05) is 51.5 Å². The van der Waals surface area contributed by atoms with Crippen molar-refractivity contribution in [1.29, 1.82) is 0 Å². The summed E-state index contributed by atoms with van der Waals surface area (Å²) in [5, 5.41) is 7.14. The molecule has 2 saturated heterocycles. The van der Waals surface area contributed by atoms with E-state index in [2.05, 4.69) is 15.3 Å². The number of piperidine rings is 1. The molecule has 0 radical (unpaired) electrons. The fraction of sp³-hybridized carbons (Fsp3) is 0.545. The number of carbonyl (C=O) groups is 1. The third-order valence-electron chi connectivity index (χ3n) is 5.90. The number of carbonyl (C=O) groups excluding carboxylic acids is 1. The van der Waals surface area contributed by atoms with Crippen LogP contribution in [-0.4, -0.2) is 67.8 Å². The number of ether oxygens (including phenoxy) is 1. The number of benzene rings is 1. The number of hydrogen-bond donors (Lipinski definition) is 1. The van der Waals surface area contributed by atoms with Crippen molar-refractivity contribution in [2.24, 2.45) is 0 Å². The van der Waals surface area contributed by atoms with Gasteiger partial charge in [0.15, 0.2) is 0 Å². The maximum atomic E-state index is 13.2. The monoisotopic (exact) mass is 461 g/mol. The zero-order chi connectivity index (χ0) is 22.4. The average molecular weight is 462 g/mol. The van der Waals surface area contributed by atoms with Crippen LogP contribution in [-0.2, 0) is 26.1 Å². The first kappa shape index (κ1) is 22.8. The third kappa shape index (κ3) is 5.48. The van der Waals surface area contributed by atoms with E-state index in [1.54, 1.807) is 23.0 Å². The molecule has 9 nitrogen and oxygen atoms in total. The molecule has 0 spiro atoms. The van der Waals surface area contributed by atoms with Crippen molar-refractivity contribution >= 4 is 27.3 Å². The summed E-state index contributed by atoms with van der Waals surface area (Å²) in [6, 6.07) is 6.95. The average Bonchev–Trinajstić information content (AvgIpc) is 3.34. The first-order valence-corrected chi connectivity index (χ1v) is 12.7. The summed E-state index contributed by atoms with van der Waals surface area (Å²) in [4.78, 5) is 15.1. The van der Waals surface area contributed by atoms with Crippen LogP contribution in [0.3, 0.4) is 0 Å². The van der Waals surface area contributed by atoms with Gasteiger partial charge in [0.25, 0.3) is 0 Å². The lowest BCUT2D eigenvalue weighted by Gasteiger charge is -2.31. The molecule has 0 bridgehead atoms. The fourth-order valence-electron chi connectivity index (χ4n) is 4.17. The first-order chi connectivity index (χ1) is 15.5. The number of hydrogen-bond acceptors (Lipinski definition) is 6. The number of aryl methyl sites for hydroxylation is 1. The number of aromatic nitrogens is 2. The molecule has 1 amide bonds. The molecule has 2 aliphatic heterocycles. The van der Waals surface area contributed by atoms with Gasteiger partial charge in [-0.05, 0) is 49.9 Å². The van der Waals surface area contributed by atoms with Crippen LogP contribution in [0.1, 0.15) is 32.1 Å². The fourth-order valence-corrected chi connectivity index (χ4v) is 5.60. The van der Waals surface area contributed by atoms with E-state index in [0.717, 1.165) is 31.6 Å².